The summed E-state index contributed by atoms with van der Waals surface area (Å²) in [4.78, 5) is 14.4. The van der Waals surface area contributed by atoms with Crippen LogP contribution in [0.25, 0.3) is 0 Å². The summed E-state index contributed by atoms with van der Waals surface area (Å²) in [5.41, 5.74) is 1.28. The van der Waals surface area contributed by atoms with E-state index < -0.39 is 0 Å². The zero-order valence-electron chi connectivity index (χ0n) is 14.1. The van der Waals surface area contributed by atoms with Crippen LogP contribution < -0.4 is 10.1 Å². The average molecular weight is 329 g/mol. The average Bonchev–Trinajstić information content (AvgIpc) is 3.22. The summed E-state index contributed by atoms with van der Waals surface area (Å²) in [6.45, 7) is 3.55. The smallest absolute Gasteiger partial charge is 0.226 e. The molecule has 1 N–H and O–H groups in total. The van der Waals surface area contributed by atoms with E-state index in [0.29, 0.717) is 24.0 Å². The van der Waals surface area contributed by atoms with Gasteiger partial charge in [-0.05, 0) is 44.0 Å². The standard InChI is InChI=1S/C18H23N3O3/c1-13-12-17(20-24-13)19-18(22)9-11-21-10-3-4-16(21)14-5-7-15(23-2)8-6-14/h5-8,12,16H,3-4,9-11H2,1-2H3,(H,19,20,22)/t16-/m1/s1. The van der Waals surface area contributed by atoms with Crippen molar-refractivity contribution >= 4 is 11.7 Å². The van der Waals surface area contributed by atoms with Crippen molar-refractivity contribution in [3.63, 3.8) is 0 Å². The van der Waals surface area contributed by atoms with Gasteiger partial charge in [0, 0.05) is 25.1 Å². The first kappa shape index (κ1) is 16.5. The third-order valence-electron chi connectivity index (χ3n) is 4.39. The highest BCUT2D eigenvalue weighted by molar-refractivity contribution is 5.89. The summed E-state index contributed by atoms with van der Waals surface area (Å²) in [6, 6.07) is 10.3. The number of aryl methyl sites for hydroxylation is 1. The molecule has 0 radical (unpaired) electrons. The number of rotatable bonds is 6. The van der Waals surface area contributed by atoms with E-state index >= 15 is 0 Å². The van der Waals surface area contributed by atoms with Crippen LogP contribution in [-0.4, -0.2) is 36.2 Å². The van der Waals surface area contributed by atoms with E-state index in [1.807, 2.05) is 12.1 Å². The number of aromatic nitrogens is 1. The molecular formula is C18H23N3O3. The topological polar surface area (TPSA) is 67.6 Å². The zero-order valence-corrected chi connectivity index (χ0v) is 14.1. The first-order valence-corrected chi connectivity index (χ1v) is 8.27. The Morgan fingerprint density at radius 2 is 2.21 bits per heavy atom. The van der Waals surface area contributed by atoms with Crippen molar-refractivity contribution in [1.29, 1.82) is 0 Å². The number of nitrogens with zero attached hydrogens (tertiary/aromatic N) is 2. The number of likely N-dealkylation sites (tertiary alicyclic amines) is 1. The maximum absolute atomic E-state index is 12.1. The molecule has 1 amide bonds. The third-order valence-corrected chi connectivity index (χ3v) is 4.39. The molecule has 1 aromatic heterocycles. The van der Waals surface area contributed by atoms with Crippen molar-refractivity contribution in [3.8, 4) is 5.75 Å². The highest BCUT2D eigenvalue weighted by Gasteiger charge is 2.26. The van der Waals surface area contributed by atoms with E-state index in [-0.39, 0.29) is 5.91 Å². The van der Waals surface area contributed by atoms with Gasteiger partial charge in [0.1, 0.15) is 11.5 Å². The first-order valence-electron chi connectivity index (χ1n) is 8.27. The van der Waals surface area contributed by atoms with E-state index in [1.165, 1.54) is 5.56 Å². The SMILES string of the molecule is COc1ccc([C@H]2CCCN2CCC(=O)Nc2cc(C)on2)cc1. The molecule has 1 aliphatic rings. The van der Waals surface area contributed by atoms with Gasteiger partial charge in [0.2, 0.25) is 5.91 Å². The Labute approximate surface area is 141 Å². The minimum atomic E-state index is -0.0383. The van der Waals surface area contributed by atoms with Crippen LogP contribution in [0.3, 0.4) is 0 Å². The van der Waals surface area contributed by atoms with Gasteiger partial charge in [-0.3, -0.25) is 9.69 Å². The summed E-state index contributed by atoms with van der Waals surface area (Å²) in [5, 5.41) is 6.55. The van der Waals surface area contributed by atoms with Crippen LogP contribution >= 0.6 is 0 Å². The molecule has 0 spiro atoms. The van der Waals surface area contributed by atoms with Gasteiger partial charge in [-0.2, -0.15) is 0 Å². The van der Waals surface area contributed by atoms with E-state index in [9.17, 15) is 4.79 Å². The lowest BCUT2D eigenvalue weighted by atomic mass is 10.0. The van der Waals surface area contributed by atoms with Gasteiger partial charge in [0.05, 0.1) is 7.11 Å². The number of carbonyl (C=O) groups excluding carboxylic acids is 1. The first-order chi connectivity index (χ1) is 11.7. The number of methoxy groups -OCH3 is 1. The second-order valence-corrected chi connectivity index (χ2v) is 6.09. The number of anilines is 1. The van der Waals surface area contributed by atoms with Gasteiger partial charge in [-0.1, -0.05) is 17.3 Å². The molecule has 24 heavy (non-hydrogen) atoms. The Bertz CT molecular complexity index is 681. The summed E-state index contributed by atoms with van der Waals surface area (Å²) in [7, 11) is 1.67. The number of hydrogen-bond donors (Lipinski definition) is 1. The molecule has 0 aliphatic carbocycles. The second kappa shape index (κ2) is 7.49. The lowest BCUT2D eigenvalue weighted by Crippen LogP contribution is -2.27. The third kappa shape index (κ3) is 3.94. The fourth-order valence-electron chi connectivity index (χ4n) is 3.17. The molecule has 1 aliphatic heterocycles. The number of amides is 1. The van der Waals surface area contributed by atoms with Crippen LogP contribution in [0.4, 0.5) is 5.82 Å². The zero-order chi connectivity index (χ0) is 16.9. The lowest BCUT2D eigenvalue weighted by Gasteiger charge is -2.24. The highest BCUT2D eigenvalue weighted by Crippen LogP contribution is 2.32. The maximum Gasteiger partial charge on any atom is 0.226 e. The van der Waals surface area contributed by atoms with Crippen molar-refractivity contribution in [1.82, 2.24) is 10.1 Å². The Kier molecular flexibility index (Phi) is 5.15. The van der Waals surface area contributed by atoms with Crippen molar-refractivity contribution in [2.24, 2.45) is 0 Å². The van der Waals surface area contributed by atoms with E-state index in [0.717, 1.165) is 31.7 Å². The van der Waals surface area contributed by atoms with Crippen LogP contribution in [-0.2, 0) is 4.79 Å². The highest BCUT2D eigenvalue weighted by atomic mass is 16.5. The lowest BCUT2D eigenvalue weighted by molar-refractivity contribution is -0.116. The molecule has 2 aromatic rings. The van der Waals surface area contributed by atoms with Gasteiger partial charge >= 0.3 is 0 Å². The van der Waals surface area contributed by atoms with Crippen LogP contribution in [0.5, 0.6) is 5.75 Å². The van der Waals surface area contributed by atoms with E-state index in [1.54, 1.807) is 20.1 Å². The predicted octanol–water partition coefficient (Wildman–Crippen LogP) is 3.16. The molecule has 6 heteroatoms. The fourth-order valence-corrected chi connectivity index (χ4v) is 3.17. The van der Waals surface area contributed by atoms with Crippen LogP contribution in [0.1, 0.15) is 36.6 Å². The number of ether oxygens (including phenoxy) is 1. The molecule has 1 aromatic carbocycles. The van der Waals surface area contributed by atoms with E-state index in [2.05, 4.69) is 27.5 Å². The fraction of sp³-hybridized carbons (Fsp3) is 0.444. The van der Waals surface area contributed by atoms with Crippen molar-refractivity contribution in [2.45, 2.75) is 32.2 Å². The number of nitrogens with one attached hydrogen (secondary N) is 1. The van der Waals surface area contributed by atoms with Crippen LogP contribution in [0.2, 0.25) is 0 Å². The monoisotopic (exact) mass is 329 g/mol. The second-order valence-electron chi connectivity index (χ2n) is 6.09. The normalized spacial score (nSPS) is 17.8. The summed E-state index contributed by atoms with van der Waals surface area (Å²) < 4.78 is 10.2. The number of hydrogen-bond acceptors (Lipinski definition) is 5. The molecule has 0 bridgehead atoms. The van der Waals surface area contributed by atoms with Gasteiger partial charge in [-0.25, -0.2) is 0 Å². The van der Waals surface area contributed by atoms with Crippen LogP contribution in [0.15, 0.2) is 34.9 Å². The molecule has 1 atom stereocenters. The summed E-state index contributed by atoms with van der Waals surface area (Å²) in [5.74, 6) is 1.99. The van der Waals surface area contributed by atoms with Gasteiger partial charge in [-0.15, -0.1) is 0 Å². The maximum atomic E-state index is 12.1. The van der Waals surface area contributed by atoms with Gasteiger partial charge in [0.15, 0.2) is 5.82 Å². The Morgan fingerprint density at radius 3 is 2.88 bits per heavy atom. The molecule has 1 fully saturated rings. The molecule has 1 saturated heterocycles. The van der Waals surface area contributed by atoms with Gasteiger partial charge < -0.3 is 14.6 Å². The number of benzene rings is 1. The molecular weight excluding hydrogens is 306 g/mol. The molecule has 2 heterocycles. The summed E-state index contributed by atoms with van der Waals surface area (Å²) in [6.07, 6.45) is 2.72. The largest absolute Gasteiger partial charge is 0.497 e. The molecule has 128 valence electrons. The van der Waals surface area contributed by atoms with Crippen molar-refractivity contribution in [3.05, 3.63) is 41.7 Å². The Balaban J connectivity index is 1.54. The molecule has 0 saturated carbocycles. The van der Waals surface area contributed by atoms with Gasteiger partial charge in [0.25, 0.3) is 0 Å². The van der Waals surface area contributed by atoms with Crippen molar-refractivity contribution < 1.29 is 14.1 Å². The van der Waals surface area contributed by atoms with E-state index in [4.69, 9.17) is 9.26 Å². The predicted molar refractivity (Wildman–Crippen MR) is 91.0 cm³/mol. The molecule has 3 rings (SSSR count). The number of carbonyl (C=O) groups is 1. The Morgan fingerprint density at radius 1 is 1.42 bits per heavy atom. The molecule has 0 unspecified atom stereocenters. The quantitative estimate of drug-likeness (QED) is 0.882. The minimum absolute atomic E-state index is 0.0383. The molecule has 6 nitrogen and oxygen atoms in total. The Hall–Kier alpha value is -2.34. The van der Waals surface area contributed by atoms with Crippen molar-refractivity contribution in [2.75, 3.05) is 25.5 Å². The minimum Gasteiger partial charge on any atom is -0.497 e. The summed E-state index contributed by atoms with van der Waals surface area (Å²) >= 11 is 0. The van der Waals surface area contributed by atoms with Crippen LogP contribution in [0, 0.1) is 6.92 Å².